The van der Waals surface area contributed by atoms with Gasteiger partial charge in [-0.1, -0.05) is 12.1 Å². The minimum absolute atomic E-state index is 0.000920. The molecule has 1 aromatic carbocycles. The van der Waals surface area contributed by atoms with Crippen molar-refractivity contribution in [1.29, 1.82) is 0 Å². The van der Waals surface area contributed by atoms with E-state index in [9.17, 15) is 9.59 Å². The van der Waals surface area contributed by atoms with E-state index in [4.69, 9.17) is 4.74 Å². The van der Waals surface area contributed by atoms with Crippen LogP contribution in [0.15, 0.2) is 24.3 Å². The third-order valence-electron chi connectivity index (χ3n) is 4.14. The number of aryl methyl sites for hydroxylation is 1. The molecule has 1 aliphatic rings. The van der Waals surface area contributed by atoms with E-state index in [-0.39, 0.29) is 17.7 Å². The van der Waals surface area contributed by atoms with Gasteiger partial charge >= 0.3 is 0 Å². The van der Waals surface area contributed by atoms with E-state index in [1.165, 1.54) is 5.56 Å². The molecule has 0 bridgehead atoms. The molecule has 1 N–H and O–H groups in total. The molecule has 1 atom stereocenters. The van der Waals surface area contributed by atoms with Crippen LogP contribution in [0.5, 0.6) is 5.75 Å². The van der Waals surface area contributed by atoms with Crippen LogP contribution in [0.25, 0.3) is 0 Å². The predicted octanol–water partition coefficient (Wildman–Crippen LogP) is 2.00. The lowest BCUT2D eigenvalue weighted by molar-refractivity contribution is -0.128. The number of carbonyl (C=O) groups excluding carboxylic acids is 2. The molecule has 2 rings (SSSR count). The van der Waals surface area contributed by atoms with Crippen molar-refractivity contribution in [3.8, 4) is 5.75 Å². The quantitative estimate of drug-likeness (QED) is 0.746. The average molecular weight is 318 g/mol. The fourth-order valence-corrected chi connectivity index (χ4v) is 2.82. The van der Waals surface area contributed by atoms with Crippen LogP contribution in [0.4, 0.5) is 0 Å². The third-order valence-corrected chi connectivity index (χ3v) is 4.14. The first-order chi connectivity index (χ1) is 11.1. The zero-order valence-electron chi connectivity index (χ0n) is 14.0. The Bertz CT molecular complexity index is 528. The summed E-state index contributed by atoms with van der Waals surface area (Å²) >= 11 is 0. The molecule has 1 unspecified atom stereocenters. The van der Waals surface area contributed by atoms with Crippen molar-refractivity contribution in [2.75, 3.05) is 26.2 Å². The van der Waals surface area contributed by atoms with Gasteiger partial charge in [-0.3, -0.25) is 9.59 Å². The summed E-state index contributed by atoms with van der Waals surface area (Å²) in [6.45, 7) is 6.46. The van der Waals surface area contributed by atoms with Crippen molar-refractivity contribution in [1.82, 2.24) is 10.2 Å². The molecule has 5 heteroatoms. The van der Waals surface area contributed by atoms with Crippen LogP contribution < -0.4 is 10.1 Å². The van der Waals surface area contributed by atoms with Gasteiger partial charge < -0.3 is 15.0 Å². The molecule has 1 heterocycles. The monoisotopic (exact) mass is 318 g/mol. The molecule has 1 aliphatic heterocycles. The highest BCUT2D eigenvalue weighted by Crippen LogP contribution is 2.17. The highest BCUT2D eigenvalue weighted by Gasteiger charge is 2.32. The number of nitrogens with one attached hydrogen (secondary N) is 1. The lowest BCUT2D eigenvalue weighted by atomic mass is 10.1. The van der Waals surface area contributed by atoms with Crippen LogP contribution in [-0.2, 0) is 16.0 Å². The summed E-state index contributed by atoms with van der Waals surface area (Å²) in [5, 5.41) is 2.95. The van der Waals surface area contributed by atoms with Crippen LogP contribution >= 0.6 is 0 Å². The van der Waals surface area contributed by atoms with Gasteiger partial charge in [-0.2, -0.15) is 0 Å². The number of ether oxygens (including phenoxy) is 1. The fourth-order valence-electron chi connectivity index (χ4n) is 2.82. The molecular weight excluding hydrogens is 292 g/mol. The zero-order chi connectivity index (χ0) is 16.7. The van der Waals surface area contributed by atoms with Gasteiger partial charge in [0, 0.05) is 26.1 Å². The normalized spacial score (nSPS) is 17.4. The summed E-state index contributed by atoms with van der Waals surface area (Å²) in [7, 11) is 0. The van der Waals surface area contributed by atoms with E-state index in [2.05, 4.69) is 17.4 Å². The molecule has 0 aromatic heterocycles. The topological polar surface area (TPSA) is 58.6 Å². The van der Waals surface area contributed by atoms with Crippen LogP contribution in [0.1, 0.15) is 32.3 Å². The number of amides is 2. The van der Waals surface area contributed by atoms with E-state index >= 15 is 0 Å². The van der Waals surface area contributed by atoms with Crippen molar-refractivity contribution in [3.05, 3.63) is 29.8 Å². The summed E-state index contributed by atoms with van der Waals surface area (Å²) in [6, 6.07) is 8.06. The Morgan fingerprint density at radius 1 is 1.30 bits per heavy atom. The number of hydrogen-bond donors (Lipinski definition) is 1. The highest BCUT2D eigenvalue weighted by atomic mass is 16.5. The maximum atomic E-state index is 12.1. The number of nitrogens with zero attached hydrogens (tertiary/aromatic N) is 1. The molecule has 0 radical (unpaired) electrons. The van der Waals surface area contributed by atoms with Crippen LogP contribution in [0, 0.1) is 5.92 Å². The van der Waals surface area contributed by atoms with Gasteiger partial charge in [-0.15, -0.1) is 0 Å². The van der Waals surface area contributed by atoms with Crippen molar-refractivity contribution >= 4 is 11.8 Å². The maximum Gasteiger partial charge on any atom is 0.225 e. The molecule has 1 fully saturated rings. The SMILES string of the molecule is CCOc1ccc(CCCNC(=O)C2CC(=O)N(CC)C2)cc1. The van der Waals surface area contributed by atoms with E-state index in [0.29, 0.717) is 32.7 Å². The average Bonchev–Trinajstić information content (AvgIpc) is 2.94. The van der Waals surface area contributed by atoms with E-state index in [1.807, 2.05) is 26.0 Å². The van der Waals surface area contributed by atoms with Gasteiger partial charge in [0.15, 0.2) is 0 Å². The smallest absolute Gasteiger partial charge is 0.225 e. The Hall–Kier alpha value is -2.04. The van der Waals surface area contributed by atoms with Crippen molar-refractivity contribution in [3.63, 3.8) is 0 Å². The third kappa shape index (κ3) is 4.98. The van der Waals surface area contributed by atoms with Gasteiger partial charge in [-0.05, 0) is 44.4 Å². The molecule has 1 aromatic rings. The summed E-state index contributed by atoms with van der Waals surface area (Å²) < 4.78 is 5.41. The van der Waals surface area contributed by atoms with Crippen LogP contribution in [0.2, 0.25) is 0 Å². The molecule has 1 saturated heterocycles. The Morgan fingerprint density at radius 3 is 2.65 bits per heavy atom. The first-order valence-corrected chi connectivity index (χ1v) is 8.41. The number of benzene rings is 1. The molecule has 0 spiro atoms. The van der Waals surface area contributed by atoms with Gasteiger partial charge in [0.25, 0.3) is 0 Å². The highest BCUT2D eigenvalue weighted by molar-refractivity contribution is 5.89. The zero-order valence-corrected chi connectivity index (χ0v) is 14.0. The first kappa shape index (κ1) is 17.3. The van der Waals surface area contributed by atoms with Crippen molar-refractivity contribution in [2.24, 2.45) is 5.92 Å². The first-order valence-electron chi connectivity index (χ1n) is 8.41. The second-order valence-corrected chi connectivity index (χ2v) is 5.80. The number of rotatable bonds is 8. The van der Waals surface area contributed by atoms with Gasteiger partial charge in [0.05, 0.1) is 12.5 Å². The summed E-state index contributed by atoms with van der Waals surface area (Å²) in [6.07, 6.45) is 2.15. The molecule has 23 heavy (non-hydrogen) atoms. The number of likely N-dealkylation sites (tertiary alicyclic amines) is 1. The summed E-state index contributed by atoms with van der Waals surface area (Å²) in [4.78, 5) is 25.5. The van der Waals surface area contributed by atoms with E-state index in [1.54, 1.807) is 4.90 Å². The predicted molar refractivity (Wildman–Crippen MR) is 89.3 cm³/mol. The number of hydrogen-bond acceptors (Lipinski definition) is 3. The van der Waals surface area contributed by atoms with E-state index < -0.39 is 0 Å². The molecule has 2 amide bonds. The summed E-state index contributed by atoms with van der Waals surface area (Å²) in [5.74, 6) is 0.784. The fraction of sp³-hybridized carbons (Fsp3) is 0.556. The Balaban J connectivity index is 1.67. The number of carbonyl (C=O) groups is 2. The molecule has 5 nitrogen and oxygen atoms in total. The van der Waals surface area contributed by atoms with E-state index in [0.717, 1.165) is 18.6 Å². The molecular formula is C18H26N2O3. The Kier molecular flexibility index (Phi) is 6.44. The summed E-state index contributed by atoms with van der Waals surface area (Å²) in [5.41, 5.74) is 1.23. The molecule has 0 aliphatic carbocycles. The standard InChI is InChI=1S/C18H26N2O3/c1-3-20-13-15(12-17(20)21)18(22)19-11-5-6-14-7-9-16(10-8-14)23-4-2/h7-10,15H,3-6,11-13H2,1-2H3,(H,19,22). The Morgan fingerprint density at radius 2 is 2.04 bits per heavy atom. The van der Waals surface area contributed by atoms with Gasteiger partial charge in [0.1, 0.15) is 5.75 Å². The minimum atomic E-state index is -0.187. The maximum absolute atomic E-state index is 12.1. The van der Waals surface area contributed by atoms with Gasteiger partial charge in [-0.25, -0.2) is 0 Å². The molecule has 126 valence electrons. The van der Waals surface area contributed by atoms with Crippen LogP contribution in [-0.4, -0.2) is 43.0 Å². The lowest BCUT2D eigenvalue weighted by Crippen LogP contribution is -2.33. The Labute approximate surface area is 138 Å². The second-order valence-electron chi connectivity index (χ2n) is 5.80. The second kappa shape index (κ2) is 8.56. The van der Waals surface area contributed by atoms with Gasteiger partial charge in [0.2, 0.25) is 11.8 Å². The van der Waals surface area contributed by atoms with Crippen molar-refractivity contribution in [2.45, 2.75) is 33.1 Å². The van der Waals surface area contributed by atoms with Crippen LogP contribution in [0.3, 0.4) is 0 Å². The van der Waals surface area contributed by atoms with Crippen molar-refractivity contribution < 1.29 is 14.3 Å². The lowest BCUT2D eigenvalue weighted by Gasteiger charge is -2.13. The minimum Gasteiger partial charge on any atom is -0.494 e. The largest absolute Gasteiger partial charge is 0.494 e. The molecule has 0 saturated carbocycles.